The fourth-order valence-electron chi connectivity index (χ4n) is 3.22. The van der Waals surface area contributed by atoms with E-state index in [4.69, 9.17) is 9.47 Å². The summed E-state index contributed by atoms with van der Waals surface area (Å²) in [6.45, 7) is 3.56. The van der Waals surface area contributed by atoms with Gasteiger partial charge in [0.25, 0.3) is 0 Å². The molecule has 2 heterocycles. The summed E-state index contributed by atoms with van der Waals surface area (Å²) in [5.41, 5.74) is 2.64. The Morgan fingerprint density at radius 1 is 1.14 bits per heavy atom. The summed E-state index contributed by atoms with van der Waals surface area (Å²) in [7, 11) is 0. The number of nitrogens with zero attached hydrogens (tertiary/aromatic N) is 1. The highest BCUT2D eigenvalue weighted by atomic mass is 32.1. The SMILES string of the molecule is Cc1nc(-c2ccc(F)cc2)c(CC(=O)NCCc2ccc3c(c2)OCCO3)s1. The van der Waals surface area contributed by atoms with E-state index in [0.29, 0.717) is 26.2 Å². The summed E-state index contributed by atoms with van der Waals surface area (Å²) < 4.78 is 24.3. The van der Waals surface area contributed by atoms with Crippen LogP contribution in [0.3, 0.4) is 0 Å². The van der Waals surface area contributed by atoms with Gasteiger partial charge in [-0.25, -0.2) is 9.37 Å². The molecule has 1 aliphatic rings. The summed E-state index contributed by atoms with van der Waals surface area (Å²) in [6.07, 6.45) is 0.953. The van der Waals surface area contributed by atoms with Crippen LogP contribution in [-0.2, 0) is 17.6 Å². The van der Waals surface area contributed by atoms with Gasteiger partial charge in [0.2, 0.25) is 5.91 Å². The van der Waals surface area contributed by atoms with Crippen molar-refractivity contribution < 1.29 is 18.7 Å². The number of fused-ring (bicyclic) bond motifs is 1. The first-order chi connectivity index (χ1) is 14.1. The van der Waals surface area contributed by atoms with Crippen molar-refractivity contribution in [3.8, 4) is 22.8 Å². The monoisotopic (exact) mass is 412 g/mol. The van der Waals surface area contributed by atoms with Crippen LogP contribution < -0.4 is 14.8 Å². The second-order valence-electron chi connectivity index (χ2n) is 6.77. The van der Waals surface area contributed by atoms with E-state index >= 15 is 0 Å². The number of carbonyl (C=O) groups excluding carboxylic acids is 1. The molecule has 1 aliphatic heterocycles. The summed E-state index contributed by atoms with van der Waals surface area (Å²) in [4.78, 5) is 17.8. The number of aryl methyl sites for hydroxylation is 1. The first-order valence-electron chi connectivity index (χ1n) is 9.46. The number of ether oxygens (including phenoxy) is 2. The Labute approximate surface area is 172 Å². The van der Waals surface area contributed by atoms with Gasteiger partial charge in [-0.05, 0) is 55.3 Å². The predicted molar refractivity (Wildman–Crippen MR) is 110 cm³/mol. The maximum atomic E-state index is 13.2. The lowest BCUT2D eigenvalue weighted by Crippen LogP contribution is -2.27. The first kappa shape index (κ1) is 19.4. The highest BCUT2D eigenvalue weighted by Gasteiger charge is 2.15. The third-order valence-corrected chi connectivity index (χ3v) is 5.56. The third-order valence-electron chi connectivity index (χ3n) is 4.59. The normalized spacial score (nSPS) is 12.6. The molecule has 0 aliphatic carbocycles. The first-order valence-corrected chi connectivity index (χ1v) is 10.3. The molecule has 1 N–H and O–H groups in total. The topological polar surface area (TPSA) is 60.5 Å². The fourth-order valence-corrected chi connectivity index (χ4v) is 4.18. The van der Waals surface area contributed by atoms with E-state index in [2.05, 4.69) is 10.3 Å². The summed E-state index contributed by atoms with van der Waals surface area (Å²) in [5.74, 6) is 1.16. The van der Waals surface area contributed by atoms with Crippen molar-refractivity contribution >= 4 is 17.2 Å². The van der Waals surface area contributed by atoms with E-state index in [-0.39, 0.29) is 18.1 Å². The Bertz CT molecular complexity index is 1020. The largest absolute Gasteiger partial charge is 0.486 e. The minimum absolute atomic E-state index is 0.0606. The molecule has 0 saturated heterocycles. The van der Waals surface area contributed by atoms with E-state index in [1.54, 1.807) is 12.1 Å². The lowest BCUT2D eigenvalue weighted by atomic mass is 10.1. The average Bonchev–Trinajstić information content (AvgIpc) is 3.08. The van der Waals surface area contributed by atoms with Crippen molar-refractivity contribution in [3.63, 3.8) is 0 Å². The van der Waals surface area contributed by atoms with E-state index < -0.39 is 0 Å². The molecule has 0 spiro atoms. The van der Waals surface area contributed by atoms with Crippen LogP contribution in [0.4, 0.5) is 4.39 Å². The van der Waals surface area contributed by atoms with Crippen LogP contribution in [-0.4, -0.2) is 30.6 Å². The number of nitrogens with one attached hydrogen (secondary N) is 1. The van der Waals surface area contributed by atoms with E-state index in [0.717, 1.165) is 38.2 Å². The van der Waals surface area contributed by atoms with Gasteiger partial charge >= 0.3 is 0 Å². The predicted octanol–water partition coefficient (Wildman–Crippen LogP) is 3.93. The Morgan fingerprint density at radius 2 is 1.90 bits per heavy atom. The van der Waals surface area contributed by atoms with Crippen molar-refractivity contribution in [3.05, 3.63) is 63.7 Å². The number of hydrogen-bond donors (Lipinski definition) is 1. The standard InChI is InChI=1S/C22H21FN2O3S/c1-14-25-22(16-3-5-17(23)6-4-16)20(29-14)13-21(26)24-9-8-15-2-7-18-19(12-15)28-11-10-27-18/h2-7,12H,8-11,13H2,1H3,(H,24,26). The zero-order valence-electron chi connectivity index (χ0n) is 16.0. The Balaban J connectivity index is 1.35. The Morgan fingerprint density at radius 3 is 2.69 bits per heavy atom. The molecule has 0 radical (unpaired) electrons. The summed E-state index contributed by atoms with van der Waals surface area (Å²) in [6, 6.07) is 12.0. The second kappa shape index (κ2) is 8.61. The summed E-state index contributed by atoms with van der Waals surface area (Å²) >= 11 is 1.49. The number of amides is 1. The van der Waals surface area contributed by atoms with Crippen molar-refractivity contribution in [2.45, 2.75) is 19.8 Å². The minimum atomic E-state index is -0.292. The number of rotatable bonds is 6. The van der Waals surface area contributed by atoms with Crippen molar-refractivity contribution in [2.24, 2.45) is 0 Å². The van der Waals surface area contributed by atoms with Gasteiger partial charge in [-0.3, -0.25) is 4.79 Å². The van der Waals surface area contributed by atoms with Crippen molar-refractivity contribution in [2.75, 3.05) is 19.8 Å². The molecule has 1 aromatic heterocycles. The van der Waals surface area contributed by atoms with Crippen LogP contribution >= 0.6 is 11.3 Å². The van der Waals surface area contributed by atoms with Crippen LogP contribution in [0, 0.1) is 12.7 Å². The minimum Gasteiger partial charge on any atom is -0.486 e. The molecule has 5 nitrogen and oxygen atoms in total. The lowest BCUT2D eigenvalue weighted by Gasteiger charge is -2.18. The smallest absolute Gasteiger partial charge is 0.225 e. The molecule has 150 valence electrons. The van der Waals surface area contributed by atoms with Crippen LogP contribution in [0.25, 0.3) is 11.3 Å². The van der Waals surface area contributed by atoms with Gasteiger partial charge in [-0.1, -0.05) is 6.07 Å². The molecule has 4 rings (SSSR count). The van der Waals surface area contributed by atoms with Crippen LogP contribution in [0.15, 0.2) is 42.5 Å². The Hall–Kier alpha value is -2.93. The molecule has 7 heteroatoms. The zero-order chi connectivity index (χ0) is 20.2. The van der Waals surface area contributed by atoms with Gasteiger partial charge in [-0.2, -0.15) is 0 Å². The highest BCUT2D eigenvalue weighted by molar-refractivity contribution is 7.12. The van der Waals surface area contributed by atoms with Gasteiger partial charge < -0.3 is 14.8 Å². The molecule has 0 atom stereocenters. The number of thiazole rings is 1. The van der Waals surface area contributed by atoms with Gasteiger partial charge in [0.05, 0.1) is 17.1 Å². The zero-order valence-corrected chi connectivity index (χ0v) is 16.9. The maximum absolute atomic E-state index is 13.2. The molecule has 0 saturated carbocycles. The number of benzene rings is 2. The number of aromatic nitrogens is 1. The van der Waals surface area contributed by atoms with Gasteiger partial charge in [-0.15, -0.1) is 11.3 Å². The van der Waals surface area contributed by atoms with Crippen LogP contribution in [0.2, 0.25) is 0 Å². The average molecular weight is 412 g/mol. The molecule has 0 bridgehead atoms. The van der Waals surface area contributed by atoms with Gasteiger partial charge in [0, 0.05) is 17.0 Å². The quantitative estimate of drug-likeness (QED) is 0.667. The van der Waals surface area contributed by atoms with E-state index in [9.17, 15) is 9.18 Å². The van der Waals surface area contributed by atoms with Gasteiger partial charge in [0.15, 0.2) is 11.5 Å². The van der Waals surface area contributed by atoms with E-state index in [1.165, 1.54) is 23.5 Å². The molecule has 29 heavy (non-hydrogen) atoms. The lowest BCUT2D eigenvalue weighted by molar-refractivity contribution is -0.120. The molecular weight excluding hydrogens is 391 g/mol. The Kier molecular flexibility index (Phi) is 5.76. The molecular formula is C22H21FN2O3S. The molecule has 2 aromatic carbocycles. The van der Waals surface area contributed by atoms with E-state index in [1.807, 2.05) is 25.1 Å². The number of carbonyl (C=O) groups is 1. The maximum Gasteiger partial charge on any atom is 0.225 e. The van der Waals surface area contributed by atoms with Crippen LogP contribution in [0.5, 0.6) is 11.5 Å². The third kappa shape index (κ3) is 4.74. The van der Waals surface area contributed by atoms with Crippen molar-refractivity contribution in [1.29, 1.82) is 0 Å². The second-order valence-corrected chi connectivity index (χ2v) is 8.05. The van der Waals surface area contributed by atoms with Crippen LogP contribution in [0.1, 0.15) is 15.4 Å². The number of hydrogen-bond acceptors (Lipinski definition) is 5. The molecule has 1 amide bonds. The molecule has 0 unspecified atom stereocenters. The summed E-state index contributed by atoms with van der Waals surface area (Å²) in [5, 5.41) is 3.84. The number of halogens is 1. The fraction of sp³-hybridized carbons (Fsp3) is 0.273. The van der Waals surface area contributed by atoms with Crippen molar-refractivity contribution in [1.82, 2.24) is 10.3 Å². The molecule has 3 aromatic rings. The highest BCUT2D eigenvalue weighted by Crippen LogP contribution is 2.31. The molecule has 0 fully saturated rings. The van der Waals surface area contributed by atoms with Gasteiger partial charge in [0.1, 0.15) is 19.0 Å².